The maximum atomic E-state index is 12.0. The molecule has 1 amide bonds. The predicted octanol–water partition coefficient (Wildman–Crippen LogP) is 0.964. The van der Waals surface area contributed by atoms with E-state index in [1.54, 1.807) is 18.1 Å². The predicted molar refractivity (Wildman–Crippen MR) is 57.4 cm³/mol. The number of thiophene rings is 1. The first-order valence-corrected chi connectivity index (χ1v) is 5.69. The van der Waals surface area contributed by atoms with Gasteiger partial charge in [-0.1, -0.05) is 0 Å². The van der Waals surface area contributed by atoms with Crippen molar-refractivity contribution in [1.82, 2.24) is 4.90 Å². The number of rotatable bonds is 2. The standard InChI is InChI=1S/C10H13NO3S/c1-14-8-3-5-15-9(8)10(13)11-4-2-7(12)6-11/h3,5,7,12H,2,4,6H2,1H3/t7-/m1/s1. The van der Waals surface area contributed by atoms with E-state index in [0.29, 0.717) is 30.1 Å². The summed E-state index contributed by atoms with van der Waals surface area (Å²) >= 11 is 1.37. The SMILES string of the molecule is COc1ccsc1C(=O)N1CC[C@@H](O)C1. The van der Waals surface area contributed by atoms with Crippen molar-refractivity contribution in [3.63, 3.8) is 0 Å². The number of carbonyl (C=O) groups is 1. The van der Waals surface area contributed by atoms with Gasteiger partial charge < -0.3 is 14.7 Å². The van der Waals surface area contributed by atoms with E-state index in [0.717, 1.165) is 0 Å². The number of hydrogen-bond acceptors (Lipinski definition) is 4. The minimum absolute atomic E-state index is 0.0431. The molecular weight excluding hydrogens is 214 g/mol. The summed E-state index contributed by atoms with van der Waals surface area (Å²) in [5.41, 5.74) is 0. The van der Waals surface area contributed by atoms with Crippen molar-refractivity contribution >= 4 is 17.2 Å². The molecule has 1 aromatic rings. The highest BCUT2D eigenvalue weighted by atomic mass is 32.1. The molecule has 2 rings (SSSR count). The van der Waals surface area contributed by atoms with Crippen molar-refractivity contribution in [2.75, 3.05) is 20.2 Å². The van der Waals surface area contributed by atoms with Crippen LogP contribution in [0.25, 0.3) is 0 Å². The van der Waals surface area contributed by atoms with Crippen LogP contribution in [0, 0.1) is 0 Å². The molecule has 0 aromatic carbocycles. The lowest BCUT2D eigenvalue weighted by molar-refractivity contribution is 0.0766. The zero-order valence-electron chi connectivity index (χ0n) is 8.47. The van der Waals surface area contributed by atoms with Crippen molar-refractivity contribution in [2.45, 2.75) is 12.5 Å². The molecule has 1 fully saturated rings. The van der Waals surface area contributed by atoms with Crippen molar-refractivity contribution in [3.8, 4) is 5.75 Å². The monoisotopic (exact) mass is 227 g/mol. The summed E-state index contributed by atoms with van der Waals surface area (Å²) in [4.78, 5) is 14.3. The number of methoxy groups -OCH3 is 1. The third-order valence-electron chi connectivity index (χ3n) is 2.49. The summed E-state index contributed by atoms with van der Waals surface area (Å²) in [6, 6.07) is 1.78. The second-order valence-electron chi connectivity index (χ2n) is 3.51. The third kappa shape index (κ3) is 1.98. The molecule has 15 heavy (non-hydrogen) atoms. The van der Waals surface area contributed by atoms with Crippen LogP contribution in [0.15, 0.2) is 11.4 Å². The minimum atomic E-state index is -0.375. The largest absolute Gasteiger partial charge is 0.495 e. The van der Waals surface area contributed by atoms with Gasteiger partial charge in [0.1, 0.15) is 10.6 Å². The van der Waals surface area contributed by atoms with Crippen molar-refractivity contribution in [2.24, 2.45) is 0 Å². The number of amides is 1. The van der Waals surface area contributed by atoms with Gasteiger partial charge in [-0.25, -0.2) is 0 Å². The molecule has 2 heterocycles. The van der Waals surface area contributed by atoms with Crippen LogP contribution in [-0.4, -0.2) is 42.2 Å². The molecule has 1 atom stereocenters. The number of nitrogens with zero attached hydrogens (tertiary/aromatic N) is 1. The quantitative estimate of drug-likeness (QED) is 0.818. The second kappa shape index (κ2) is 4.20. The summed E-state index contributed by atoms with van der Waals surface area (Å²) < 4.78 is 5.09. The maximum Gasteiger partial charge on any atom is 0.267 e. The van der Waals surface area contributed by atoms with Gasteiger partial charge >= 0.3 is 0 Å². The first-order valence-electron chi connectivity index (χ1n) is 4.81. The molecule has 1 aliphatic rings. The molecule has 82 valence electrons. The third-order valence-corrected chi connectivity index (χ3v) is 3.38. The number of aliphatic hydroxyl groups excluding tert-OH is 1. The number of hydrogen-bond donors (Lipinski definition) is 1. The number of β-amino-alcohol motifs (C(OH)–C–C–N with tert-alkyl or cyclic N) is 1. The average molecular weight is 227 g/mol. The lowest BCUT2D eigenvalue weighted by atomic mass is 10.3. The molecule has 4 nitrogen and oxygen atoms in total. The van der Waals surface area contributed by atoms with E-state index in [1.807, 2.05) is 5.38 Å². The Bertz CT molecular complexity index is 363. The van der Waals surface area contributed by atoms with Gasteiger partial charge in [-0.2, -0.15) is 0 Å². The van der Waals surface area contributed by atoms with Crippen LogP contribution in [0.5, 0.6) is 5.75 Å². The Morgan fingerprint density at radius 1 is 1.73 bits per heavy atom. The summed E-state index contributed by atoms with van der Waals surface area (Å²) in [5, 5.41) is 11.2. The molecule has 0 saturated carbocycles. The molecule has 0 radical (unpaired) electrons. The zero-order valence-corrected chi connectivity index (χ0v) is 9.29. The Balaban J connectivity index is 2.14. The molecule has 1 aliphatic heterocycles. The van der Waals surface area contributed by atoms with Crippen LogP contribution < -0.4 is 4.74 Å². The van der Waals surface area contributed by atoms with Crippen molar-refractivity contribution < 1.29 is 14.6 Å². The number of aliphatic hydroxyl groups is 1. The van der Waals surface area contributed by atoms with E-state index < -0.39 is 0 Å². The molecule has 5 heteroatoms. The first kappa shape index (κ1) is 10.4. The van der Waals surface area contributed by atoms with Gasteiger partial charge in [-0.3, -0.25) is 4.79 Å². The molecular formula is C10H13NO3S. The first-order chi connectivity index (χ1) is 7.22. The Labute approximate surface area is 92.1 Å². The normalized spacial score (nSPS) is 20.7. The fourth-order valence-corrected chi connectivity index (χ4v) is 2.51. The highest BCUT2D eigenvalue weighted by Crippen LogP contribution is 2.27. The maximum absolute atomic E-state index is 12.0. The molecule has 0 bridgehead atoms. The minimum Gasteiger partial charge on any atom is -0.495 e. The average Bonchev–Trinajstić information content (AvgIpc) is 2.84. The molecule has 1 saturated heterocycles. The van der Waals surface area contributed by atoms with E-state index >= 15 is 0 Å². The van der Waals surface area contributed by atoms with Gasteiger partial charge in [0.2, 0.25) is 0 Å². The van der Waals surface area contributed by atoms with Gasteiger partial charge in [0, 0.05) is 13.1 Å². The van der Waals surface area contributed by atoms with E-state index in [9.17, 15) is 9.90 Å². The molecule has 1 aromatic heterocycles. The van der Waals surface area contributed by atoms with Gasteiger partial charge in [0.05, 0.1) is 13.2 Å². The smallest absolute Gasteiger partial charge is 0.267 e. The van der Waals surface area contributed by atoms with Crippen LogP contribution in [-0.2, 0) is 0 Å². The second-order valence-corrected chi connectivity index (χ2v) is 4.43. The fourth-order valence-electron chi connectivity index (χ4n) is 1.68. The Morgan fingerprint density at radius 2 is 2.53 bits per heavy atom. The molecule has 0 spiro atoms. The van der Waals surface area contributed by atoms with Gasteiger partial charge in [0.25, 0.3) is 5.91 Å². The summed E-state index contributed by atoms with van der Waals surface area (Å²) in [7, 11) is 1.55. The number of carbonyl (C=O) groups excluding carboxylic acids is 1. The van der Waals surface area contributed by atoms with E-state index in [2.05, 4.69) is 0 Å². The highest BCUT2D eigenvalue weighted by Gasteiger charge is 2.27. The molecule has 0 unspecified atom stereocenters. The van der Waals surface area contributed by atoms with E-state index in [1.165, 1.54) is 11.3 Å². The Morgan fingerprint density at radius 3 is 3.13 bits per heavy atom. The number of likely N-dealkylation sites (tertiary alicyclic amines) is 1. The Kier molecular flexibility index (Phi) is 2.93. The van der Waals surface area contributed by atoms with Gasteiger partial charge in [0.15, 0.2) is 0 Å². The van der Waals surface area contributed by atoms with Gasteiger partial charge in [-0.15, -0.1) is 11.3 Å². The highest BCUT2D eigenvalue weighted by molar-refractivity contribution is 7.12. The number of ether oxygens (including phenoxy) is 1. The summed E-state index contributed by atoms with van der Waals surface area (Å²) in [6.07, 6.45) is 0.291. The van der Waals surface area contributed by atoms with Crippen molar-refractivity contribution in [1.29, 1.82) is 0 Å². The van der Waals surface area contributed by atoms with E-state index in [4.69, 9.17) is 4.74 Å². The van der Waals surface area contributed by atoms with Crippen LogP contribution in [0.1, 0.15) is 16.1 Å². The van der Waals surface area contributed by atoms with Crippen LogP contribution >= 0.6 is 11.3 Å². The topological polar surface area (TPSA) is 49.8 Å². The fraction of sp³-hybridized carbons (Fsp3) is 0.500. The van der Waals surface area contributed by atoms with Crippen molar-refractivity contribution in [3.05, 3.63) is 16.3 Å². The summed E-state index contributed by atoms with van der Waals surface area (Å²) in [5.74, 6) is 0.574. The van der Waals surface area contributed by atoms with Gasteiger partial charge in [-0.05, 0) is 17.9 Å². The lowest BCUT2D eigenvalue weighted by Gasteiger charge is -2.14. The molecule has 1 N–H and O–H groups in total. The zero-order chi connectivity index (χ0) is 10.8. The molecule has 0 aliphatic carbocycles. The lowest BCUT2D eigenvalue weighted by Crippen LogP contribution is -2.29. The Hall–Kier alpha value is -1.07. The van der Waals surface area contributed by atoms with Crippen LogP contribution in [0.3, 0.4) is 0 Å². The van der Waals surface area contributed by atoms with Crippen LogP contribution in [0.4, 0.5) is 0 Å². The van der Waals surface area contributed by atoms with Crippen LogP contribution in [0.2, 0.25) is 0 Å². The van der Waals surface area contributed by atoms with E-state index in [-0.39, 0.29) is 12.0 Å². The summed E-state index contributed by atoms with van der Waals surface area (Å²) in [6.45, 7) is 1.06.